The number of nitrogens with zero attached hydrogens (tertiary/aromatic N) is 4. The predicted octanol–water partition coefficient (Wildman–Crippen LogP) is 1.85. The van der Waals surface area contributed by atoms with E-state index in [2.05, 4.69) is 31.5 Å². The number of fused-ring (bicyclic) bond motifs is 1. The maximum atomic E-state index is 12.0. The molecule has 2 N–H and O–H groups in total. The standard InChI is InChI=1S/C20H22N6O2/c27-18-11-13(1-4-21-18)15-12-17(26-7-9-28-10-8-26)24-19-14(15)2-5-22-20(19)16-3-6-23-25-16/h2-3,5-6,12-13H,1,4,7-11H2,(H,21,27)(H,23,25). The van der Waals surface area contributed by atoms with Crippen molar-refractivity contribution in [2.75, 3.05) is 37.7 Å². The fraction of sp³-hybridized carbons (Fsp3) is 0.400. The second kappa shape index (κ2) is 7.20. The Morgan fingerprint density at radius 1 is 1.18 bits per heavy atom. The van der Waals surface area contributed by atoms with Gasteiger partial charge in [0.2, 0.25) is 5.91 Å². The topological polar surface area (TPSA) is 96.0 Å². The fourth-order valence-electron chi connectivity index (χ4n) is 4.09. The molecule has 0 saturated carbocycles. The van der Waals surface area contributed by atoms with E-state index in [4.69, 9.17) is 9.72 Å². The van der Waals surface area contributed by atoms with Crippen LogP contribution in [-0.4, -0.2) is 58.9 Å². The third-order valence-corrected chi connectivity index (χ3v) is 5.52. The van der Waals surface area contributed by atoms with E-state index < -0.39 is 0 Å². The number of aromatic amines is 1. The largest absolute Gasteiger partial charge is 0.378 e. The molecular weight excluding hydrogens is 356 g/mol. The van der Waals surface area contributed by atoms with E-state index >= 15 is 0 Å². The van der Waals surface area contributed by atoms with E-state index in [1.54, 1.807) is 12.4 Å². The Morgan fingerprint density at radius 3 is 2.86 bits per heavy atom. The monoisotopic (exact) mass is 378 g/mol. The number of piperidine rings is 1. The maximum absolute atomic E-state index is 12.0. The fourth-order valence-corrected chi connectivity index (χ4v) is 4.09. The van der Waals surface area contributed by atoms with Gasteiger partial charge < -0.3 is 15.0 Å². The molecule has 8 heteroatoms. The Kier molecular flexibility index (Phi) is 4.40. The highest BCUT2D eigenvalue weighted by Gasteiger charge is 2.25. The molecule has 1 unspecified atom stereocenters. The number of carbonyl (C=O) groups excluding carboxylic acids is 1. The van der Waals surface area contributed by atoms with Crippen LogP contribution in [0.3, 0.4) is 0 Å². The Bertz CT molecular complexity index is 997. The lowest BCUT2D eigenvalue weighted by atomic mass is 9.87. The summed E-state index contributed by atoms with van der Waals surface area (Å²) < 4.78 is 5.50. The highest BCUT2D eigenvalue weighted by atomic mass is 16.5. The zero-order valence-electron chi connectivity index (χ0n) is 15.5. The van der Waals surface area contributed by atoms with Gasteiger partial charge in [-0.1, -0.05) is 0 Å². The SMILES string of the molecule is O=C1CC(c2cc(N3CCOCC3)nc3c(-c4ccn[nH]4)nccc23)CCN1. The van der Waals surface area contributed by atoms with Gasteiger partial charge in [-0.05, 0) is 36.1 Å². The first-order valence-corrected chi connectivity index (χ1v) is 9.68. The van der Waals surface area contributed by atoms with E-state index in [0.29, 0.717) is 26.2 Å². The summed E-state index contributed by atoms with van der Waals surface area (Å²) in [6.45, 7) is 3.72. The second-order valence-corrected chi connectivity index (χ2v) is 7.23. The van der Waals surface area contributed by atoms with Gasteiger partial charge in [-0.2, -0.15) is 5.10 Å². The molecule has 3 aromatic heterocycles. The number of aromatic nitrogens is 4. The molecule has 2 fully saturated rings. The number of anilines is 1. The molecule has 2 aliphatic heterocycles. The van der Waals surface area contributed by atoms with Crippen molar-refractivity contribution >= 4 is 22.6 Å². The maximum Gasteiger partial charge on any atom is 0.220 e. The van der Waals surface area contributed by atoms with E-state index in [1.807, 2.05) is 12.1 Å². The average Bonchev–Trinajstić information content (AvgIpc) is 3.28. The van der Waals surface area contributed by atoms with Gasteiger partial charge in [0.25, 0.3) is 0 Å². The highest BCUT2D eigenvalue weighted by Crippen LogP contribution is 2.36. The van der Waals surface area contributed by atoms with Crippen molar-refractivity contribution in [3.8, 4) is 11.4 Å². The van der Waals surface area contributed by atoms with Gasteiger partial charge in [0.05, 0.1) is 18.9 Å². The zero-order chi connectivity index (χ0) is 18.9. The second-order valence-electron chi connectivity index (χ2n) is 7.23. The number of nitrogens with one attached hydrogen (secondary N) is 2. The van der Waals surface area contributed by atoms with Crippen LogP contribution >= 0.6 is 0 Å². The number of morpholine rings is 1. The molecule has 0 aromatic carbocycles. The van der Waals surface area contributed by atoms with E-state index in [1.165, 1.54) is 5.56 Å². The average molecular weight is 378 g/mol. The summed E-state index contributed by atoms with van der Waals surface area (Å²) >= 11 is 0. The quantitative estimate of drug-likeness (QED) is 0.722. The van der Waals surface area contributed by atoms with Crippen LogP contribution in [0.4, 0.5) is 5.82 Å². The third-order valence-electron chi connectivity index (χ3n) is 5.52. The van der Waals surface area contributed by atoms with Crippen molar-refractivity contribution in [1.82, 2.24) is 25.5 Å². The summed E-state index contributed by atoms with van der Waals surface area (Å²) in [4.78, 5) is 23.9. The number of carbonyl (C=O) groups is 1. The molecule has 0 aliphatic carbocycles. The smallest absolute Gasteiger partial charge is 0.220 e. The summed E-state index contributed by atoms with van der Waals surface area (Å²) in [5, 5.41) is 11.1. The molecule has 3 aromatic rings. The first-order valence-electron chi connectivity index (χ1n) is 9.68. The first kappa shape index (κ1) is 17.1. The Labute approximate surface area is 162 Å². The van der Waals surface area contributed by atoms with Crippen molar-refractivity contribution in [3.05, 3.63) is 36.2 Å². The number of hydrogen-bond donors (Lipinski definition) is 2. The minimum atomic E-state index is 0.108. The number of ether oxygens (including phenoxy) is 1. The van der Waals surface area contributed by atoms with Crippen LogP contribution in [-0.2, 0) is 9.53 Å². The number of H-pyrrole nitrogens is 1. The first-order chi connectivity index (χ1) is 13.8. The van der Waals surface area contributed by atoms with Gasteiger partial charge in [0, 0.05) is 43.8 Å². The number of rotatable bonds is 3. The van der Waals surface area contributed by atoms with Crippen molar-refractivity contribution in [2.45, 2.75) is 18.8 Å². The molecule has 5 rings (SSSR count). The summed E-state index contributed by atoms with van der Waals surface area (Å²) in [5.41, 5.74) is 3.64. The van der Waals surface area contributed by atoms with E-state index in [0.717, 1.165) is 47.6 Å². The van der Waals surface area contributed by atoms with E-state index in [9.17, 15) is 4.79 Å². The molecule has 0 radical (unpaired) electrons. The molecule has 28 heavy (non-hydrogen) atoms. The lowest BCUT2D eigenvalue weighted by Gasteiger charge is -2.30. The predicted molar refractivity (Wildman–Crippen MR) is 105 cm³/mol. The molecule has 8 nitrogen and oxygen atoms in total. The molecule has 1 atom stereocenters. The van der Waals surface area contributed by atoms with Crippen molar-refractivity contribution in [1.29, 1.82) is 0 Å². The van der Waals surface area contributed by atoms with Gasteiger partial charge in [-0.25, -0.2) is 4.98 Å². The van der Waals surface area contributed by atoms with Crippen LogP contribution in [0.5, 0.6) is 0 Å². The minimum absolute atomic E-state index is 0.108. The minimum Gasteiger partial charge on any atom is -0.378 e. The normalized spacial score (nSPS) is 20.4. The summed E-state index contributed by atoms with van der Waals surface area (Å²) in [5.74, 6) is 1.21. The van der Waals surface area contributed by atoms with Crippen LogP contribution in [0.15, 0.2) is 30.6 Å². The number of hydrogen-bond acceptors (Lipinski definition) is 6. The molecule has 0 spiro atoms. The Balaban J connectivity index is 1.70. The lowest BCUT2D eigenvalue weighted by Crippen LogP contribution is -2.37. The van der Waals surface area contributed by atoms with E-state index in [-0.39, 0.29) is 11.8 Å². The summed E-state index contributed by atoms with van der Waals surface area (Å²) in [7, 11) is 0. The van der Waals surface area contributed by atoms with Crippen LogP contribution in [0, 0.1) is 0 Å². The molecule has 0 bridgehead atoms. The molecular formula is C20H22N6O2. The highest BCUT2D eigenvalue weighted by molar-refractivity contribution is 5.94. The van der Waals surface area contributed by atoms with Gasteiger partial charge in [0.15, 0.2) is 0 Å². The van der Waals surface area contributed by atoms with Crippen LogP contribution in [0.2, 0.25) is 0 Å². The third kappa shape index (κ3) is 3.09. The van der Waals surface area contributed by atoms with Gasteiger partial charge >= 0.3 is 0 Å². The van der Waals surface area contributed by atoms with Gasteiger partial charge in [0.1, 0.15) is 17.0 Å². The Hall–Kier alpha value is -3.00. The van der Waals surface area contributed by atoms with Crippen molar-refractivity contribution in [2.24, 2.45) is 0 Å². The molecule has 144 valence electrons. The summed E-state index contributed by atoms with van der Waals surface area (Å²) in [6.07, 6.45) is 4.95. The molecule has 5 heterocycles. The zero-order valence-corrected chi connectivity index (χ0v) is 15.5. The Morgan fingerprint density at radius 2 is 2.07 bits per heavy atom. The van der Waals surface area contributed by atoms with Gasteiger partial charge in [-0.3, -0.25) is 14.9 Å². The summed E-state index contributed by atoms with van der Waals surface area (Å²) in [6, 6.07) is 6.07. The van der Waals surface area contributed by atoms with Gasteiger partial charge in [-0.15, -0.1) is 0 Å². The number of pyridine rings is 2. The van der Waals surface area contributed by atoms with Crippen molar-refractivity contribution < 1.29 is 9.53 Å². The molecule has 2 aliphatic rings. The van der Waals surface area contributed by atoms with Crippen LogP contribution in [0.25, 0.3) is 22.3 Å². The molecule has 1 amide bonds. The van der Waals surface area contributed by atoms with Crippen LogP contribution < -0.4 is 10.2 Å². The lowest BCUT2D eigenvalue weighted by molar-refractivity contribution is -0.122. The van der Waals surface area contributed by atoms with Crippen LogP contribution in [0.1, 0.15) is 24.3 Å². The van der Waals surface area contributed by atoms with Crippen molar-refractivity contribution in [3.63, 3.8) is 0 Å². The number of amides is 1. The molecule has 2 saturated heterocycles.